The van der Waals surface area contributed by atoms with Crippen molar-refractivity contribution in [3.63, 3.8) is 0 Å². The molecule has 0 aromatic carbocycles. The quantitative estimate of drug-likeness (QED) is 0.713. The van der Waals surface area contributed by atoms with Gasteiger partial charge in [0.1, 0.15) is 0 Å². The van der Waals surface area contributed by atoms with E-state index in [1.165, 1.54) is 58.2 Å². The van der Waals surface area contributed by atoms with Crippen LogP contribution in [-0.4, -0.2) is 31.2 Å². The lowest BCUT2D eigenvalue weighted by Crippen LogP contribution is -2.40. The van der Waals surface area contributed by atoms with Crippen molar-refractivity contribution >= 4 is 0 Å². The molecule has 0 radical (unpaired) electrons. The molecule has 2 heteroatoms. The van der Waals surface area contributed by atoms with Crippen molar-refractivity contribution < 1.29 is 0 Å². The molecule has 0 atom stereocenters. The first-order valence-electron chi connectivity index (χ1n) is 5.88. The standard InChI is InChI=1S/C11H22N2/c1-2-7-13(8-3-1)10-12-9-11-5-4-6-11/h11-12H,1-10H2. The first kappa shape index (κ1) is 9.47. The van der Waals surface area contributed by atoms with Crippen molar-refractivity contribution in [1.29, 1.82) is 0 Å². The molecule has 0 aromatic heterocycles. The van der Waals surface area contributed by atoms with Crippen molar-refractivity contribution in [2.75, 3.05) is 26.3 Å². The summed E-state index contributed by atoms with van der Waals surface area (Å²) in [6, 6.07) is 0. The monoisotopic (exact) mass is 182 g/mol. The highest BCUT2D eigenvalue weighted by molar-refractivity contribution is 4.72. The zero-order valence-electron chi connectivity index (χ0n) is 8.60. The molecule has 2 rings (SSSR count). The smallest absolute Gasteiger partial charge is 0.0480 e. The zero-order valence-corrected chi connectivity index (χ0v) is 8.60. The van der Waals surface area contributed by atoms with Crippen LogP contribution < -0.4 is 5.32 Å². The van der Waals surface area contributed by atoms with E-state index in [2.05, 4.69) is 10.2 Å². The molecule has 0 amide bonds. The summed E-state index contributed by atoms with van der Waals surface area (Å²) in [5.74, 6) is 1.00. The minimum atomic E-state index is 1.00. The van der Waals surface area contributed by atoms with Crippen LogP contribution in [0.2, 0.25) is 0 Å². The minimum Gasteiger partial charge on any atom is -0.304 e. The number of hydrogen-bond donors (Lipinski definition) is 1. The van der Waals surface area contributed by atoms with Crippen LogP contribution in [0.3, 0.4) is 0 Å². The fourth-order valence-corrected chi connectivity index (χ4v) is 2.24. The van der Waals surface area contributed by atoms with Gasteiger partial charge in [-0.2, -0.15) is 0 Å². The molecular weight excluding hydrogens is 160 g/mol. The van der Waals surface area contributed by atoms with Gasteiger partial charge in [0, 0.05) is 6.67 Å². The normalized spacial score (nSPS) is 25.8. The maximum Gasteiger partial charge on any atom is 0.0480 e. The number of likely N-dealkylation sites (tertiary alicyclic amines) is 1. The fourth-order valence-electron chi connectivity index (χ4n) is 2.24. The van der Waals surface area contributed by atoms with E-state index in [1.807, 2.05) is 0 Å². The Morgan fingerprint density at radius 1 is 1.00 bits per heavy atom. The molecule has 13 heavy (non-hydrogen) atoms. The van der Waals surface area contributed by atoms with Gasteiger partial charge in [-0.15, -0.1) is 0 Å². The molecule has 76 valence electrons. The van der Waals surface area contributed by atoms with E-state index in [0.29, 0.717) is 0 Å². The van der Waals surface area contributed by atoms with E-state index in [0.717, 1.165) is 12.6 Å². The van der Waals surface area contributed by atoms with Crippen molar-refractivity contribution in [2.45, 2.75) is 38.5 Å². The molecule has 2 fully saturated rings. The molecule has 2 aliphatic rings. The maximum atomic E-state index is 3.58. The third-order valence-electron chi connectivity index (χ3n) is 3.44. The van der Waals surface area contributed by atoms with Crippen molar-refractivity contribution in [2.24, 2.45) is 5.92 Å². The number of nitrogens with one attached hydrogen (secondary N) is 1. The zero-order chi connectivity index (χ0) is 8.93. The van der Waals surface area contributed by atoms with Crippen LogP contribution in [0.15, 0.2) is 0 Å². The topological polar surface area (TPSA) is 15.3 Å². The second-order valence-corrected chi connectivity index (χ2v) is 4.59. The SMILES string of the molecule is C1CCN(CNCC2CCC2)CC1. The molecule has 1 heterocycles. The van der Waals surface area contributed by atoms with E-state index in [1.54, 1.807) is 0 Å². The van der Waals surface area contributed by atoms with Crippen LogP contribution in [0, 0.1) is 5.92 Å². The molecule has 1 saturated carbocycles. The summed E-state index contributed by atoms with van der Waals surface area (Å²) in [5, 5.41) is 3.58. The molecule has 1 saturated heterocycles. The molecule has 1 N–H and O–H groups in total. The summed E-state index contributed by atoms with van der Waals surface area (Å²) >= 11 is 0. The highest BCUT2D eigenvalue weighted by Gasteiger charge is 2.17. The van der Waals surface area contributed by atoms with E-state index in [9.17, 15) is 0 Å². The first-order valence-corrected chi connectivity index (χ1v) is 5.88. The van der Waals surface area contributed by atoms with Crippen molar-refractivity contribution in [1.82, 2.24) is 10.2 Å². The van der Waals surface area contributed by atoms with Gasteiger partial charge in [0.15, 0.2) is 0 Å². The molecular formula is C11H22N2. The lowest BCUT2D eigenvalue weighted by atomic mass is 9.85. The summed E-state index contributed by atoms with van der Waals surface area (Å²) in [5.41, 5.74) is 0. The highest BCUT2D eigenvalue weighted by Crippen LogP contribution is 2.25. The first-order chi connectivity index (χ1) is 6.45. The molecule has 0 aromatic rings. The van der Waals surface area contributed by atoms with Gasteiger partial charge in [-0.05, 0) is 51.2 Å². The van der Waals surface area contributed by atoms with E-state index >= 15 is 0 Å². The Morgan fingerprint density at radius 2 is 1.77 bits per heavy atom. The van der Waals surface area contributed by atoms with Crippen LogP contribution in [0.1, 0.15) is 38.5 Å². The van der Waals surface area contributed by atoms with Crippen LogP contribution in [0.5, 0.6) is 0 Å². The second-order valence-electron chi connectivity index (χ2n) is 4.59. The molecule has 0 spiro atoms. The Hall–Kier alpha value is -0.0800. The van der Waals surface area contributed by atoms with E-state index < -0.39 is 0 Å². The summed E-state index contributed by atoms with van der Waals surface area (Å²) in [6.07, 6.45) is 8.66. The number of rotatable bonds is 4. The van der Waals surface area contributed by atoms with E-state index in [-0.39, 0.29) is 0 Å². The summed E-state index contributed by atoms with van der Waals surface area (Å²) in [4.78, 5) is 2.56. The van der Waals surface area contributed by atoms with Gasteiger partial charge in [0.05, 0.1) is 0 Å². The molecule has 0 bridgehead atoms. The third-order valence-corrected chi connectivity index (χ3v) is 3.44. The van der Waals surface area contributed by atoms with Crippen LogP contribution in [0.4, 0.5) is 0 Å². The average Bonchev–Trinajstić information content (AvgIpc) is 2.11. The third kappa shape index (κ3) is 2.96. The van der Waals surface area contributed by atoms with E-state index in [4.69, 9.17) is 0 Å². The lowest BCUT2D eigenvalue weighted by Gasteiger charge is -2.30. The van der Waals surface area contributed by atoms with Crippen molar-refractivity contribution in [3.05, 3.63) is 0 Å². The predicted molar refractivity (Wildman–Crippen MR) is 55.6 cm³/mol. The van der Waals surface area contributed by atoms with Gasteiger partial charge in [-0.1, -0.05) is 12.8 Å². The Kier molecular flexibility index (Phi) is 3.62. The number of hydrogen-bond acceptors (Lipinski definition) is 2. The van der Waals surface area contributed by atoms with Gasteiger partial charge < -0.3 is 5.32 Å². The van der Waals surface area contributed by atoms with Crippen LogP contribution >= 0.6 is 0 Å². The largest absolute Gasteiger partial charge is 0.304 e. The van der Waals surface area contributed by atoms with Gasteiger partial charge >= 0.3 is 0 Å². The molecule has 1 aliphatic heterocycles. The average molecular weight is 182 g/mol. The van der Waals surface area contributed by atoms with Gasteiger partial charge in [0.25, 0.3) is 0 Å². The number of piperidine rings is 1. The van der Waals surface area contributed by atoms with Crippen molar-refractivity contribution in [3.8, 4) is 0 Å². The Bertz CT molecular complexity index is 137. The molecule has 0 unspecified atom stereocenters. The van der Waals surface area contributed by atoms with Gasteiger partial charge in [-0.25, -0.2) is 0 Å². The predicted octanol–water partition coefficient (Wildman–Crippen LogP) is 1.82. The highest BCUT2D eigenvalue weighted by atomic mass is 15.2. The summed E-state index contributed by atoms with van der Waals surface area (Å²) in [7, 11) is 0. The summed E-state index contributed by atoms with van der Waals surface area (Å²) < 4.78 is 0. The van der Waals surface area contributed by atoms with Gasteiger partial charge in [-0.3, -0.25) is 4.90 Å². The van der Waals surface area contributed by atoms with Gasteiger partial charge in [0.2, 0.25) is 0 Å². The molecule has 2 nitrogen and oxygen atoms in total. The molecule has 1 aliphatic carbocycles. The Balaban J connectivity index is 1.50. The van der Waals surface area contributed by atoms with Crippen LogP contribution in [0.25, 0.3) is 0 Å². The maximum absolute atomic E-state index is 3.58. The second kappa shape index (κ2) is 4.97. The summed E-state index contributed by atoms with van der Waals surface area (Å²) in [6.45, 7) is 5.03. The Labute approximate surface area is 81.7 Å². The van der Waals surface area contributed by atoms with Crippen LogP contribution in [-0.2, 0) is 0 Å². The lowest BCUT2D eigenvalue weighted by molar-refractivity contribution is 0.197. The minimum absolute atomic E-state index is 1.00. The fraction of sp³-hybridized carbons (Fsp3) is 1.00. The Morgan fingerprint density at radius 3 is 2.38 bits per heavy atom. The number of nitrogens with zero attached hydrogens (tertiary/aromatic N) is 1.